The van der Waals surface area contributed by atoms with Gasteiger partial charge in [-0.15, -0.1) is 0 Å². The maximum Gasteiger partial charge on any atom is 0.387 e. The molecule has 1 N–H and O–H groups in total. The fourth-order valence-electron chi connectivity index (χ4n) is 2.46. The highest BCUT2D eigenvalue weighted by Gasteiger charge is 2.18. The van der Waals surface area contributed by atoms with Crippen LogP contribution in [0.4, 0.5) is 8.78 Å². The van der Waals surface area contributed by atoms with Gasteiger partial charge in [0.25, 0.3) is 0 Å². The van der Waals surface area contributed by atoms with Crippen LogP contribution in [0, 0.1) is 6.92 Å². The lowest BCUT2D eigenvalue weighted by Crippen LogP contribution is -2.05. The van der Waals surface area contributed by atoms with Crippen LogP contribution in [-0.4, -0.2) is 23.7 Å². The van der Waals surface area contributed by atoms with E-state index in [1.165, 1.54) is 12.1 Å². The maximum absolute atomic E-state index is 12.3. The van der Waals surface area contributed by atoms with Crippen molar-refractivity contribution in [3.05, 3.63) is 59.4 Å². The highest BCUT2D eigenvalue weighted by Crippen LogP contribution is 2.27. The molecular formula is C17H16F2N2O2. The van der Waals surface area contributed by atoms with Gasteiger partial charge in [0.1, 0.15) is 17.7 Å². The number of methoxy groups -OCH3 is 1. The van der Waals surface area contributed by atoms with Crippen molar-refractivity contribution in [1.82, 2.24) is 9.97 Å². The second-order valence-electron chi connectivity index (χ2n) is 5.21. The quantitative estimate of drug-likeness (QED) is 0.766. The number of alkyl halides is 2. The van der Waals surface area contributed by atoms with E-state index in [4.69, 9.17) is 4.74 Å². The van der Waals surface area contributed by atoms with Gasteiger partial charge in [-0.2, -0.15) is 8.78 Å². The first kappa shape index (κ1) is 15.4. The molecule has 1 aromatic heterocycles. The molecule has 0 aliphatic heterocycles. The Morgan fingerprint density at radius 1 is 1.09 bits per heavy atom. The second-order valence-corrected chi connectivity index (χ2v) is 5.21. The molecule has 0 aliphatic carbocycles. The summed E-state index contributed by atoms with van der Waals surface area (Å²) in [7, 11) is 1.60. The number of imidazole rings is 1. The third-order valence-corrected chi connectivity index (χ3v) is 3.56. The van der Waals surface area contributed by atoms with Crippen molar-refractivity contribution in [3.63, 3.8) is 0 Å². The van der Waals surface area contributed by atoms with Gasteiger partial charge < -0.3 is 14.5 Å². The summed E-state index contributed by atoms with van der Waals surface area (Å²) in [5, 5.41) is 0. The first-order valence-electron chi connectivity index (χ1n) is 7.10. The Bertz CT molecular complexity index is 800. The number of hydrogen-bond acceptors (Lipinski definition) is 3. The number of hydrogen-bond donors (Lipinski definition) is 1. The van der Waals surface area contributed by atoms with Gasteiger partial charge in [-0.1, -0.05) is 29.8 Å². The predicted molar refractivity (Wildman–Crippen MR) is 82.8 cm³/mol. The van der Waals surface area contributed by atoms with Gasteiger partial charge >= 0.3 is 6.61 Å². The second kappa shape index (κ2) is 6.34. The van der Waals surface area contributed by atoms with Crippen LogP contribution in [0.15, 0.2) is 42.5 Å². The molecule has 23 heavy (non-hydrogen) atoms. The fraction of sp³-hybridized carbons (Fsp3) is 0.235. The molecule has 0 saturated heterocycles. The zero-order valence-corrected chi connectivity index (χ0v) is 12.7. The van der Waals surface area contributed by atoms with E-state index in [-0.39, 0.29) is 11.9 Å². The van der Waals surface area contributed by atoms with Crippen LogP contribution < -0.4 is 4.74 Å². The van der Waals surface area contributed by atoms with Crippen LogP contribution in [0.25, 0.3) is 11.0 Å². The number of H-pyrrole nitrogens is 1. The average Bonchev–Trinajstić information content (AvgIpc) is 2.92. The van der Waals surface area contributed by atoms with Crippen molar-refractivity contribution in [2.45, 2.75) is 19.6 Å². The molecule has 120 valence electrons. The molecule has 0 radical (unpaired) electrons. The first-order chi connectivity index (χ1) is 11.1. The smallest absolute Gasteiger partial charge is 0.387 e. The normalized spacial score (nSPS) is 12.7. The fourth-order valence-corrected chi connectivity index (χ4v) is 2.46. The number of aromatic nitrogens is 2. The molecule has 1 heterocycles. The minimum atomic E-state index is -2.85. The molecule has 1 atom stereocenters. The Morgan fingerprint density at radius 2 is 1.83 bits per heavy atom. The average molecular weight is 318 g/mol. The summed E-state index contributed by atoms with van der Waals surface area (Å²) in [4.78, 5) is 7.59. The molecule has 0 amide bonds. The van der Waals surface area contributed by atoms with Gasteiger partial charge in [-0.25, -0.2) is 4.98 Å². The number of halogens is 2. The van der Waals surface area contributed by atoms with E-state index < -0.39 is 6.61 Å². The largest absolute Gasteiger partial charge is 0.435 e. The number of fused-ring (bicyclic) bond motifs is 1. The minimum absolute atomic E-state index is 0.0898. The van der Waals surface area contributed by atoms with Crippen LogP contribution in [0.5, 0.6) is 5.75 Å². The Hall–Kier alpha value is -2.47. The lowest BCUT2D eigenvalue weighted by Gasteiger charge is -2.13. The van der Waals surface area contributed by atoms with Crippen molar-refractivity contribution < 1.29 is 18.3 Å². The Morgan fingerprint density at radius 3 is 2.48 bits per heavy atom. The first-order valence-corrected chi connectivity index (χ1v) is 7.10. The molecule has 0 aliphatic rings. The van der Waals surface area contributed by atoms with E-state index in [2.05, 4.69) is 14.7 Å². The molecule has 0 saturated carbocycles. The van der Waals surface area contributed by atoms with Crippen LogP contribution in [0.1, 0.15) is 23.1 Å². The van der Waals surface area contributed by atoms with Gasteiger partial charge in [-0.05, 0) is 24.6 Å². The summed E-state index contributed by atoms with van der Waals surface area (Å²) in [6.07, 6.45) is -0.359. The van der Waals surface area contributed by atoms with E-state index in [0.717, 1.165) is 11.1 Å². The van der Waals surface area contributed by atoms with E-state index >= 15 is 0 Å². The van der Waals surface area contributed by atoms with Crippen LogP contribution in [0.3, 0.4) is 0 Å². The maximum atomic E-state index is 12.3. The molecule has 0 spiro atoms. The summed E-state index contributed by atoms with van der Waals surface area (Å²) < 4.78 is 34.5. The number of aryl methyl sites for hydroxylation is 1. The molecular weight excluding hydrogens is 302 g/mol. The highest BCUT2D eigenvalue weighted by molar-refractivity contribution is 5.77. The molecule has 3 rings (SSSR count). The standard InChI is InChI=1S/C17H16F2N2O2/c1-10-3-5-11(6-4-10)15(22-2)16-20-13-8-7-12(23-17(18)19)9-14(13)21-16/h3-9,15,17H,1-2H3,(H,20,21). The molecule has 0 bridgehead atoms. The summed E-state index contributed by atoms with van der Waals surface area (Å²) in [6, 6.07) is 12.5. The molecule has 2 aromatic carbocycles. The van der Waals surface area contributed by atoms with Crippen LogP contribution >= 0.6 is 0 Å². The number of aromatic amines is 1. The summed E-state index contributed by atoms with van der Waals surface area (Å²) in [5.41, 5.74) is 3.39. The van der Waals surface area contributed by atoms with Crippen molar-refractivity contribution in [2.75, 3.05) is 7.11 Å². The Kier molecular flexibility index (Phi) is 4.25. The third-order valence-electron chi connectivity index (χ3n) is 3.56. The highest BCUT2D eigenvalue weighted by atomic mass is 19.3. The number of nitrogens with one attached hydrogen (secondary N) is 1. The number of benzene rings is 2. The third kappa shape index (κ3) is 3.32. The van der Waals surface area contributed by atoms with Crippen LogP contribution in [0.2, 0.25) is 0 Å². The predicted octanol–water partition coefficient (Wildman–Crippen LogP) is 4.21. The monoisotopic (exact) mass is 318 g/mol. The van der Waals surface area contributed by atoms with E-state index in [0.29, 0.717) is 16.9 Å². The number of nitrogens with zero attached hydrogens (tertiary/aromatic N) is 1. The number of ether oxygens (including phenoxy) is 2. The van der Waals surface area contributed by atoms with Crippen LogP contribution in [-0.2, 0) is 4.74 Å². The summed E-state index contributed by atoms with van der Waals surface area (Å²) in [5.74, 6) is 0.701. The summed E-state index contributed by atoms with van der Waals surface area (Å²) in [6.45, 7) is -0.841. The van der Waals surface area contributed by atoms with Gasteiger partial charge in [0.05, 0.1) is 11.0 Å². The van der Waals surface area contributed by atoms with Gasteiger partial charge in [0.15, 0.2) is 0 Å². The van der Waals surface area contributed by atoms with E-state index in [1.54, 1.807) is 13.2 Å². The number of rotatable bonds is 5. The van der Waals surface area contributed by atoms with Crippen molar-refractivity contribution in [1.29, 1.82) is 0 Å². The zero-order chi connectivity index (χ0) is 16.4. The molecule has 6 heteroatoms. The summed E-state index contributed by atoms with van der Waals surface area (Å²) >= 11 is 0. The molecule has 4 nitrogen and oxygen atoms in total. The van der Waals surface area contributed by atoms with E-state index in [9.17, 15) is 8.78 Å². The topological polar surface area (TPSA) is 47.1 Å². The van der Waals surface area contributed by atoms with Gasteiger partial charge in [-0.3, -0.25) is 0 Å². The molecule has 1 unspecified atom stereocenters. The lowest BCUT2D eigenvalue weighted by molar-refractivity contribution is -0.0497. The minimum Gasteiger partial charge on any atom is -0.435 e. The molecule has 0 fully saturated rings. The van der Waals surface area contributed by atoms with Gasteiger partial charge in [0, 0.05) is 13.2 Å². The van der Waals surface area contributed by atoms with E-state index in [1.807, 2.05) is 31.2 Å². The molecule has 3 aromatic rings. The zero-order valence-electron chi connectivity index (χ0n) is 12.7. The van der Waals surface area contributed by atoms with Crippen molar-refractivity contribution in [2.24, 2.45) is 0 Å². The Balaban J connectivity index is 1.96. The SMILES string of the molecule is COC(c1ccc(C)cc1)c1nc2ccc(OC(F)F)cc2[nH]1. The van der Waals surface area contributed by atoms with Gasteiger partial charge in [0.2, 0.25) is 0 Å². The van der Waals surface area contributed by atoms with Crippen molar-refractivity contribution in [3.8, 4) is 5.75 Å². The Labute approximate surface area is 132 Å². The lowest BCUT2D eigenvalue weighted by atomic mass is 10.1. The van der Waals surface area contributed by atoms with Crippen molar-refractivity contribution >= 4 is 11.0 Å².